The van der Waals surface area contributed by atoms with Gasteiger partial charge in [-0.25, -0.2) is 9.07 Å². The lowest BCUT2D eigenvalue weighted by molar-refractivity contribution is 0.101. The van der Waals surface area contributed by atoms with Gasteiger partial charge in [0.2, 0.25) is 0 Å². The highest BCUT2D eigenvalue weighted by atomic mass is 35.5. The van der Waals surface area contributed by atoms with Crippen LogP contribution in [0.3, 0.4) is 0 Å². The number of hydrogen-bond donors (Lipinski definition) is 1. The molecule has 0 aliphatic heterocycles. The van der Waals surface area contributed by atoms with Crippen molar-refractivity contribution < 1.29 is 13.9 Å². The van der Waals surface area contributed by atoms with Crippen LogP contribution >= 0.6 is 23.2 Å². The number of benzene rings is 3. The van der Waals surface area contributed by atoms with Gasteiger partial charge in [-0.2, -0.15) is 5.10 Å². The summed E-state index contributed by atoms with van der Waals surface area (Å²) in [6, 6.07) is 20.1. The van der Waals surface area contributed by atoms with Gasteiger partial charge in [0.15, 0.2) is 11.4 Å². The molecular weight excluding hydrogens is 440 g/mol. The van der Waals surface area contributed by atoms with Crippen LogP contribution in [0.15, 0.2) is 79.0 Å². The minimum atomic E-state index is -0.484. The first-order valence-electron chi connectivity index (χ1n) is 9.28. The Kier molecular flexibility index (Phi) is 6.21. The molecule has 4 rings (SSSR count). The fourth-order valence-electron chi connectivity index (χ4n) is 2.85. The number of carbonyl (C=O) groups is 1. The molecule has 0 aliphatic carbocycles. The lowest BCUT2D eigenvalue weighted by Gasteiger charge is -2.08. The number of amides is 1. The molecule has 8 heteroatoms. The van der Waals surface area contributed by atoms with E-state index >= 15 is 0 Å². The first-order valence-corrected chi connectivity index (χ1v) is 10.0. The summed E-state index contributed by atoms with van der Waals surface area (Å²) < 4.78 is 20.6. The molecule has 31 heavy (non-hydrogen) atoms. The van der Waals surface area contributed by atoms with Crippen molar-refractivity contribution in [2.45, 2.75) is 6.61 Å². The summed E-state index contributed by atoms with van der Waals surface area (Å²) in [6.07, 6.45) is 1.58. The third-order valence-corrected chi connectivity index (χ3v) is 5.14. The van der Waals surface area contributed by atoms with Crippen LogP contribution in [0.5, 0.6) is 5.75 Å². The van der Waals surface area contributed by atoms with Gasteiger partial charge in [-0.05, 0) is 48.0 Å². The highest BCUT2D eigenvalue weighted by molar-refractivity contribution is 6.42. The molecule has 0 saturated heterocycles. The Morgan fingerprint density at radius 1 is 1.00 bits per heavy atom. The zero-order chi connectivity index (χ0) is 21.8. The normalized spacial score (nSPS) is 10.7. The molecule has 0 saturated carbocycles. The third kappa shape index (κ3) is 5.05. The number of hydrogen-bond acceptors (Lipinski definition) is 3. The molecule has 0 atom stereocenters. The maximum Gasteiger partial charge on any atom is 0.280 e. The second kappa shape index (κ2) is 9.20. The zero-order valence-electron chi connectivity index (χ0n) is 16.1. The van der Waals surface area contributed by atoms with E-state index in [4.69, 9.17) is 27.9 Å². The van der Waals surface area contributed by atoms with E-state index in [9.17, 15) is 9.18 Å². The van der Waals surface area contributed by atoms with Crippen LogP contribution in [-0.2, 0) is 6.61 Å². The number of carbonyl (C=O) groups excluding carboxylic acids is 1. The summed E-state index contributed by atoms with van der Waals surface area (Å²) in [5.74, 6) is -0.568. The van der Waals surface area contributed by atoms with E-state index in [0.717, 1.165) is 5.56 Å². The van der Waals surface area contributed by atoms with Crippen LogP contribution in [-0.4, -0.2) is 15.7 Å². The highest BCUT2D eigenvalue weighted by Crippen LogP contribution is 2.27. The number of rotatable bonds is 6. The van der Waals surface area contributed by atoms with Crippen molar-refractivity contribution in [1.82, 2.24) is 9.78 Å². The SMILES string of the molecule is O=C(Nc1ccc(Cl)c(Cl)c1)c1nn(-c2ccc(F)cc2)cc1OCc1ccccc1. The van der Waals surface area contributed by atoms with Gasteiger partial charge < -0.3 is 10.1 Å². The zero-order valence-corrected chi connectivity index (χ0v) is 17.6. The molecule has 0 bridgehead atoms. The smallest absolute Gasteiger partial charge is 0.280 e. The third-order valence-electron chi connectivity index (χ3n) is 4.40. The molecule has 1 aromatic heterocycles. The molecule has 1 amide bonds. The van der Waals surface area contributed by atoms with E-state index in [1.54, 1.807) is 36.5 Å². The van der Waals surface area contributed by atoms with E-state index < -0.39 is 5.91 Å². The van der Waals surface area contributed by atoms with Crippen LogP contribution < -0.4 is 10.1 Å². The monoisotopic (exact) mass is 455 g/mol. The Morgan fingerprint density at radius 3 is 2.45 bits per heavy atom. The summed E-state index contributed by atoms with van der Waals surface area (Å²) >= 11 is 12.0. The summed E-state index contributed by atoms with van der Waals surface area (Å²) in [5, 5.41) is 7.80. The van der Waals surface area contributed by atoms with Crippen molar-refractivity contribution in [2.75, 3.05) is 5.32 Å². The van der Waals surface area contributed by atoms with E-state index in [1.807, 2.05) is 30.3 Å². The Bertz CT molecular complexity index is 1210. The van der Waals surface area contributed by atoms with Gasteiger partial charge in [0.25, 0.3) is 5.91 Å². The summed E-state index contributed by atoms with van der Waals surface area (Å²) in [6.45, 7) is 0.253. The van der Waals surface area contributed by atoms with Crippen molar-refractivity contribution in [3.8, 4) is 11.4 Å². The average molecular weight is 456 g/mol. The van der Waals surface area contributed by atoms with E-state index in [2.05, 4.69) is 10.4 Å². The second-order valence-corrected chi connectivity index (χ2v) is 7.43. The van der Waals surface area contributed by atoms with Gasteiger partial charge in [0, 0.05) is 5.69 Å². The van der Waals surface area contributed by atoms with Crippen molar-refractivity contribution in [1.29, 1.82) is 0 Å². The van der Waals surface area contributed by atoms with Crippen molar-refractivity contribution in [2.24, 2.45) is 0 Å². The molecule has 1 N–H and O–H groups in total. The van der Waals surface area contributed by atoms with Crippen molar-refractivity contribution in [3.63, 3.8) is 0 Å². The topological polar surface area (TPSA) is 56.2 Å². The average Bonchev–Trinajstić information content (AvgIpc) is 3.20. The lowest BCUT2D eigenvalue weighted by atomic mass is 10.2. The van der Waals surface area contributed by atoms with Gasteiger partial charge in [0.1, 0.15) is 12.4 Å². The summed E-state index contributed by atoms with van der Waals surface area (Å²) in [7, 11) is 0. The fraction of sp³-hybridized carbons (Fsp3) is 0.0435. The van der Waals surface area contributed by atoms with Gasteiger partial charge >= 0.3 is 0 Å². The van der Waals surface area contributed by atoms with Gasteiger partial charge in [-0.15, -0.1) is 0 Å². The number of ether oxygens (including phenoxy) is 1. The first-order chi connectivity index (χ1) is 15.0. The van der Waals surface area contributed by atoms with E-state index in [0.29, 0.717) is 21.4 Å². The second-order valence-electron chi connectivity index (χ2n) is 6.62. The minimum Gasteiger partial charge on any atom is -0.485 e. The molecule has 156 valence electrons. The Labute approximate surface area is 188 Å². The molecule has 0 spiro atoms. The Hall–Kier alpha value is -3.35. The molecule has 4 aromatic rings. The maximum atomic E-state index is 13.3. The van der Waals surface area contributed by atoms with Crippen LogP contribution in [0.1, 0.15) is 16.1 Å². The molecule has 3 aromatic carbocycles. The molecule has 1 heterocycles. The molecule has 0 radical (unpaired) electrons. The number of aromatic nitrogens is 2. The summed E-state index contributed by atoms with van der Waals surface area (Å²) in [4.78, 5) is 12.9. The van der Waals surface area contributed by atoms with Gasteiger partial charge in [0.05, 0.1) is 21.9 Å². The van der Waals surface area contributed by atoms with E-state index in [-0.39, 0.29) is 23.9 Å². The molecule has 0 unspecified atom stereocenters. The molecule has 0 fully saturated rings. The minimum absolute atomic E-state index is 0.0753. The largest absolute Gasteiger partial charge is 0.485 e. The number of halogens is 3. The number of nitrogens with zero attached hydrogens (tertiary/aromatic N) is 2. The van der Waals surface area contributed by atoms with Crippen LogP contribution in [0.4, 0.5) is 10.1 Å². The van der Waals surface area contributed by atoms with Crippen LogP contribution in [0.2, 0.25) is 10.0 Å². The standard InChI is InChI=1S/C23H16Cl2FN3O2/c24-19-11-8-17(12-20(19)25)27-23(30)22-21(31-14-15-4-2-1-3-5-15)13-29(28-22)18-9-6-16(26)7-10-18/h1-13H,14H2,(H,27,30). The predicted molar refractivity (Wildman–Crippen MR) is 119 cm³/mol. The first kappa shape index (κ1) is 20.9. The highest BCUT2D eigenvalue weighted by Gasteiger charge is 2.20. The quantitative estimate of drug-likeness (QED) is 0.379. The maximum absolute atomic E-state index is 13.3. The number of anilines is 1. The molecule has 0 aliphatic rings. The van der Waals surface area contributed by atoms with Crippen molar-refractivity contribution in [3.05, 3.63) is 106 Å². The van der Waals surface area contributed by atoms with Crippen LogP contribution in [0.25, 0.3) is 5.69 Å². The number of nitrogens with one attached hydrogen (secondary N) is 1. The van der Waals surface area contributed by atoms with Gasteiger partial charge in [-0.3, -0.25) is 4.79 Å². The summed E-state index contributed by atoms with van der Waals surface area (Å²) in [5.41, 5.74) is 2.06. The van der Waals surface area contributed by atoms with Gasteiger partial charge in [-0.1, -0.05) is 53.5 Å². The lowest BCUT2D eigenvalue weighted by Crippen LogP contribution is -2.14. The Morgan fingerprint density at radius 2 is 1.74 bits per heavy atom. The fourth-order valence-corrected chi connectivity index (χ4v) is 3.14. The van der Waals surface area contributed by atoms with Crippen LogP contribution in [0, 0.1) is 5.82 Å². The molecule has 5 nitrogen and oxygen atoms in total. The Balaban J connectivity index is 1.63. The van der Waals surface area contributed by atoms with Crippen molar-refractivity contribution >= 4 is 34.8 Å². The van der Waals surface area contributed by atoms with E-state index in [1.165, 1.54) is 16.8 Å². The molecular formula is C23H16Cl2FN3O2. The predicted octanol–water partition coefficient (Wildman–Crippen LogP) is 6.15.